The number of nitrogens with zero attached hydrogens (tertiary/aromatic N) is 1. The first-order valence-electron chi connectivity index (χ1n) is 12.1. The Kier molecular flexibility index (Phi) is 11.0. The van der Waals surface area contributed by atoms with Crippen LogP contribution in [0.1, 0.15) is 104 Å². The van der Waals surface area contributed by atoms with Crippen LogP contribution in [0.5, 0.6) is 0 Å². The van der Waals surface area contributed by atoms with Crippen molar-refractivity contribution < 1.29 is 14.7 Å². The molecule has 0 radical (unpaired) electrons. The van der Waals surface area contributed by atoms with Crippen molar-refractivity contribution in [2.24, 2.45) is 0 Å². The Labute approximate surface area is 193 Å². The number of hydrogen-bond donors (Lipinski definition) is 1. The lowest BCUT2D eigenvalue weighted by Gasteiger charge is -2.09. The summed E-state index contributed by atoms with van der Waals surface area (Å²) >= 11 is 0. The fraction of sp³-hybridized carbons (Fsp3) is 0.500. The Morgan fingerprint density at radius 2 is 1.62 bits per heavy atom. The van der Waals surface area contributed by atoms with E-state index in [1.165, 1.54) is 44.9 Å². The third-order valence-corrected chi connectivity index (χ3v) is 6.04. The molecule has 0 bridgehead atoms. The molecule has 0 aliphatic carbocycles. The van der Waals surface area contributed by atoms with E-state index in [9.17, 15) is 9.59 Å². The van der Waals surface area contributed by atoms with Gasteiger partial charge < -0.3 is 9.67 Å². The summed E-state index contributed by atoms with van der Waals surface area (Å²) in [6.07, 6.45) is 16.7. The second kappa shape index (κ2) is 13.7. The normalized spacial score (nSPS) is 11.3. The number of ketones is 1. The molecule has 0 aliphatic heterocycles. The summed E-state index contributed by atoms with van der Waals surface area (Å²) < 4.78 is 2.12. The van der Waals surface area contributed by atoms with Gasteiger partial charge in [0.15, 0.2) is 5.78 Å². The number of aromatic nitrogens is 1. The Morgan fingerprint density at radius 3 is 2.28 bits per heavy atom. The van der Waals surface area contributed by atoms with Crippen LogP contribution in [-0.4, -0.2) is 21.4 Å². The number of carbonyl (C=O) groups excluding carboxylic acids is 1. The van der Waals surface area contributed by atoms with Gasteiger partial charge in [0.2, 0.25) is 0 Å². The maximum Gasteiger partial charge on any atom is 0.328 e. The molecule has 1 aromatic heterocycles. The number of aliphatic carboxylic acids is 1. The van der Waals surface area contributed by atoms with E-state index in [0.717, 1.165) is 46.9 Å². The molecule has 0 spiro atoms. The second-order valence-electron chi connectivity index (χ2n) is 8.82. The van der Waals surface area contributed by atoms with Crippen molar-refractivity contribution in [3.8, 4) is 0 Å². The van der Waals surface area contributed by atoms with E-state index in [1.54, 1.807) is 6.08 Å². The van der Waals surface area contributed by atoms with E-state index in [1.807, 2.05) is 38.1 Å². The van der Waals surface area contributed by atoms with Crippen LogP contribution in [-0.2, 0) is 11.3 Å². The van der Waals surface area contributed by atoms with Crippen LogP contribution in [0, 0.1) is 13.8 Å². The third-order valence-electron chi connectivity index (χ3n) is 6.04. The monoisotopic (exact) mass is 437 g/mol. The zero-order valence-electron chi connectivity index (χ0n) is 20.0. The standard InChI is InChI=1S/C28H39NO3/c1-4-5-6-7-8-9-10-11-12-16-26(30)28-22(2)20-29(23(28)3)21-25-15-13-14-24(19-25)17-18-27(31)32/h13-15,17-20H,4-12,16,21H2,1-3H3,(H,31,32). The van der Waals surface area contributed by atoms with Gasteiger partial charge in [0, 0.05) is 36.5 Å². The van der Waals surface area contributed by atoms with Gasteiger partial charge in [-0.1, -0.05) is 76.5 Å². The van der Waals surface area contributed by atoms with E-state index in [2.05, 4.69) is 17.7 Å². The summed E-state index contributed by atoms with van der Waals surface area (Å²) in [6, 6.07) is 7.82. The highest BCUT2D eigenvalue weighted by atomic mass is 16.4. The van der Waals surface area contributed by atoms with Crippen LogP contribution in [0.25, 0.3) is 6.08 Å². The van der Waals surface area contributed by atoms with Gasteiger partial charge in [0.05, 0.1) is 0 Å². The average Bonchev–Trinajstić information content (AvgIpc) is 3.04. The molecule has 2 aromatic rings. The number of carboxylic acid groups (broad SMARTS) is 1. The summed E-state index contributed by atoms with van der Waals surface area (Å²) in [7, 11) is 0. The van der Waals surface area contributed by atoms with Gasteiger partial charge in [-0.05, 0) is 49.1 Å². The number of Topliss-reactive ketones (excluding diaryl/α,β-unsaturated/α-hetero) is 1. The van der Waals surface area contributed by atoms with Crippen LogP contribution in [0.4, 0.5) is 0 Å². The molecule has 2 rings (SSSR count). The van der Waals surface area contributed by atoms with E-state index >= 15 is 0 Å². The number of benzene rings is 1. The van der Waals surface area contributed by atoms with Gasteiger partial charge in [0.1, 0.15) is 0 Å². The molecule has 174 valence electrons. The third kappa shape index (κ3) is 8.49. The minimum absolute atomic E-state index is 0.250. The zero-order chi connectivity index (χ0) is 23.3. The highest BCUT2D eigenvalue weighted by molar-refractivity contribution is 5.98. The summed E-state index contributed by atoms with van der Waals surface area (Å²) in [5.74, 6) is -0.706. The van der Waals surface area contributed by atoms with E-state index < -0.39 is 5.97 Å². The summed E-state index contributed by atoms with van der Waals surface area (Å²) in [4.78, 5) is 23.6. The summed E-state index contributed by atoms with van der Waals surface area (Å²) in [5.41, 5.74) is 4.84. The summed E-state index contributed by atoms with van der Waals surface area (Å²) in [5, 5.41) is 8.82. The quantitative estimate of drug-likeness (QED) is 0.180. The Hall–Kier alpha value is -2.62. The number of hydrogen-bond acceptors (Lipinski definition) is 2. The Morgan fingerprint density at radius 1 is 0.969 bits per heavy atom. The smallest absolute Gasteiger partial charge is 0.328 e. The molecule has 0 fully saturated rings. The first-order valence-corrected chi connectivity index (χ1v) is 12.1. The zero-order valence-corrected chi connectivity index (χ0v) is 20.0. The number of rotatable bonds is 15. The number of aryl methyl sites for hydroxylation is 1. The predicted octanol–water partition coefficient (Wildman–Crippen LogP) is 7.35. The largest absolute Gasteiger partial charge is 0.478 e. The first-order chi connectivity index (χ1) is 15.4. The maximum absolute atomic E-state index is 12.9. The minimum atomic E-state index is -0.956. The number of carboxylic acids is 1. The molecule has 0 saturated carbocycles. The molecule has 0 amide bonds. The van der Waals surface area contributed by atoms with E-state index in [4.69, 9.17) is 5.11 Å². The van der Waals surface area contributed by atoms with Crippen LogP contribution in [0.3, 0.4) is 0 Å². The van der Waals surface area contributed by atoms with E-state index in [-0.39, 0.29) is 5.78 Å². The van der Waals surface area contributed by atoms with Gasteiger partial charge in [-0.25, -0.2) is 4.79 Å². The lowest BCUT2D eigenvalue weighted by atomic mass is 10.0. The number of carbonyl (C=O) groups is 2. The van der Waals surface area contributed by atoms with Crippen LogP contribution in [0.15, 0.2) is 36.5 Å². The minimum Gasteiger partial charge on any atom is -0.478 e. The predicted molar refractivity (Wildman–Crippen MR) is 132 cm³/mol. The van der Waals surface area contributed by atoms with Crippen molar-refractivity contribution in [3.05, 3.63) is 64.5 Å². The molecule has 4 nitrogen and oxygen atoms in total. The van der Waals surface area contributed by atoms with Crippen LogP contribution < -0.4 is 0 Å². The molecule has 32 heavy (non-hydrogen) atoms. The fourth-order valence-electron chi connectivity index (χ4n) is 4.29. The molecular weight excluding hydrogens is 398 g/mol. The SMILES string of the molecule is CCCCCCCCCCCC(=O)c1c(C)cn(Cc2cccc(C=CC(=O)O)c2)c1C. The molecule has 0 atom stereocenters. The Bertz CT molecular complexity index is 907. The molecule has 0 unspecified atom stereocenters. The molecule has 1 N–H and O–H groups in total. The highest BCUT2D eigenvalue weighted by Crippen LogP contribution is 2.21. The molecule has 0 aliphatic rings. The van der Waals surface area contributed by atoms with Gasteiger partial charge in [0.25, 0.3) is 0 Å². The molecule has 1 heterocycles. The molecular formula is C28H39NO3. The van der Waals surface area contributed by atoms with Crippen molar-refractivity contribution in [2.75, 3.05) is 0 Å². The van der Waals surface area contributed by atoms with Gasteiger partial charge >= 0.3 is 5.97 Å². The topological polar surface area (TPSA) is 59.3 Å². The lowest BCUT2D eigenvalue weighted by molar-refractivity contribution is -0.131. The van der Waals surface area contributed by atoms with Crippen molar-refractivity contribution in [1.29, 1.82) is 0 Å². The van der Waals surface area contributed by atoms with E-state index in [0.29, 0.717) is 13.0 Å². The molecule has 4 heteroatoms. The molecule has 0 saturated heterocycles. The van der Waals surface area contributed by atoms with Crippen molar-refractivity contribution >= 4 is 17.8 Å². The number of unbranched alkanes of at least 4 members (excludes halogenated alkanes) is 8. The van der Waals surface area contributed by atoms with Crippen LogP contribution >= 0.6 is 0 Å². The van der Waals surface area contributed by atoms with Crippen molar-refractivity contribution in [1.82, 2.24) is 4.57 Å². The maximum atomic E-state index is 12.9. The summed E-state index contributed by atoms with van der Waals surface area (Å²) in [6.45, 7) is 6.94. The fourth-order valence-corrected chi connectivity index (χ4v) is 4.29. The van der Waals surface area contributed by atoms with Crippen molar-refractivity contribution in [3.63, 3.8) is 0 Å². The van der Waals surface area contributed by atoms with Gasteiger partial charge in [-0.3, -0.25) is 4.79 Å². The highest BCUT2D eigenvalue weighted by Gasteiger charge is 2.16. The van der Waals surface area contributed by atoms with Crippen molar-refractivity contribution in [2.45, 2.75) is 91.5 Å². The second-order valence-corrected chi connectivity index (χ2v) is 8.82. The molecule has 1 aromatic carbocycles. The van der Waals surface area contributed by atoms with Gasteiger partial charge in [-0.2, -0.15) is 0 Å². The van der Waals surface area contributed by atoms with Gasteiger partial charge in [-0.15, -0.1) is 0 Å². The lowest BCUT2D eigenvalue weighted by Crippen LogP contribution is -2.05. The van der Waals surface area contributed by atoms with Crippen LogP contribution in [0.2, 0.25) is 0 Å². The Balaban J connectivity index is 1.87. The average molecular weight is 438 g/mol. The first kappa shape index (κ1) is 25.6.